The molecule has 4 aromatic heterocycles. The average molecular weight is 1150 g/mol. The molecule has 8 heterocycles. The molecule has 4 aliphatic rings. The van der Waals surface area contributed by atoms with Gasteiger partial charge in [0.1, 0.15) is 22.2 Å². The summed E-state index contributed by atoms with van der Waals surface area (Å²) in [5, 5.41) is 3.98. The number of anilines is 2. The number of aromatic nitrogens is 4. The molecular formula is C59H50ClF5N8O7S. The maximum absolute atomic E-state index is 14.0. The predicted molar refractivity (Wildman–Crippen MR) is 295 cm³/mol. The highest BCUT2D eigenvalue weighted by Gasteiger charge is 2.62. The highest BCUT2D eigenvalue weighted by atomic mass is 35.7. The van der Waals surface area contributed by atoms with Gasteiger partial charge in [-0.2, -0.15) is 13.2 Å². The Labute approximate surface area is 466 Å². The van der Waals surface area contributed by atoms with Crippen molar-refractivity contribution in [2.24, 2.45) is 0 Å². The van der Waals surface area contributed by atoms with Crippen molar-refractivity contribution in [2.45, 2.75) is 62.9 Å². The Kier molecular flexibility index (Phi) is 14.9. The van der Waals surface area contributed by atoms with Crippen molar-refractivity contribution in [1.29, 1.82) is 0 Å². The molecule has 4 aliphatic heterocycles. The topological polar surface area (TPSA) is 176 Å². The van der Waals surface area contributed by atoms with Crippen LogP contribution in [0.1, 0.15) is 43.3 Å². The maximum atomic E-state index is 14.0. The van der Waals surface area contributed by atoms with E-state index in [2.05, 4.69) is 31.7 Å². The lowest BCUT2D eigenvalue weighted by Crippen LogP contribution is -2.67. The number of alkyl halides is 5. The monoisotopic (exact) mass is 1140 g/mol. The summed E-state index contributed by atoms with van der Waals surface area (Å²) in [5.74, 6) is -3.54. The quantitative estimate of drug-likeness (QED) is 0.105. The Morgan fingerprint density at radius 1 is 0.617 bits per heavy atom. The maximum Gasteiger partial charge on any atom is 0.471 e. The Hall–Kier alpha value is -8.43. The number of pyridine rings is 4. The van der Waals surface area contributed by atoms with Crippen LogP contribution in [0.2, 0.25) is 0 Å². The first-order valence-corrected chi connectivity index (χ1v) is 27.9. The third-order valence-electron chi connectivity index (χ3n) is 14.4. The van der Waals surface area contributed by atoms with Gasteiger partial charge in [0.25, 0.3) is 6.43 Å². The Morgan fingerprint density at radius 3 is 1.42 bits per heavy atom. The Bertz CT molecular complexity index is 3860. The van der Waals surface area contributed by atoms with E-state index in [9.17, 15) is 49.5 Å². The van der Waals surface area contributed by atoms with Crippen LogP contribution in [-0.2, 0) is 52.1 Å². The van der Waals surface area contributed by atoms with E-state index in [1.807, 2.05) is 129 Å². The highest BCUT2D eigenvalue weighted by Crippen LogP contribution is 2.50. The van der Waals surface area contributed by atoms with Gasteiger partial charge in [-0.1, -0.05) is 97.1 Å². The van der Waals surface area contributed by atoms with Crippen LogP contribution in [0, 0.1) is 0 Å². The number of fused-ring (bicyclic) bond motifs is 6. The summed E-state index contributed by atoms with van der Waals surface area (Å²) in [6.07, 6.45) is 2.36. The SMILES string of the molecule is CC(C)(C)OC(=O)N1CC2(C1)C(=O)N(Cc1ncc3ccccc3c1-c1cccnc1)c1ccccc12.O=C(N1CC2(C1)C(=O)N(Cc1ncc3ccccc3c1-c1cccnc1)c1ccccc12)C(F)(F)F.O=S(=O)(Cl)CC(F)F. The largest absolute Gasteiger partial charge is 0.471 e. The van der Waals surface area contributed by atoms with Crippen molar-refractivity contribution in [2.75, 3.05) is 41.7 Å². The summed E-state index contributed by atoms with van der Waals surface area (Å²) in [5.41, 5.74) is 5.57. The summed E-state index contributed by atoms with van der Waals surface area (Å²) in [6, 6.07) is 38.5. The van der Waals surface area contributed by atoms with Gasteiger partial charge in [0, 0.05) is 118 Å². The predicted octanol–water partition coefficient (Wildman–Crippen LogP) is 10.6. The van der Waals surface area contributed by atoms with E-state index in [0.29, 0.717) is 41.5 Å². The van der Waals surface area contributed by atoms with Crippen molar-refractivity contribution in [3.63, 3.8) is 0 Å². The molecule has 8 aromatic rings. The molecule has 416 valence electrons. The molecule has 2 saturated heterocycles. The van der Waals surface area contributed by atoms with Gasteiger partial charge in [0.15, 0.2) is 0 Å². The molecule has 4 amide bonds. The van der Waals surface area contributed by atoms with E-state index < -0.39 is 55.8 Å². The molecule has 12 rings (SSSR count). The zero-order chi connectivity index (χ0) is 57.6. The lowest BCUT2D eigenvalue weighted by molar-refractivity contribution is -0.193. The number of para-hydroxylation sites is 2. The van der Waals surface area contributed by atoms with E-state index in [1.54, 1.807) is 58.9 Å². The van der Waals surface area contributed by atoms with Crippen LogP contribution in [0.15, 0.2) is 159 Å². The second kappa shape index (κ2) is 21.6. The van der Waals surface area contributed by atoms with Gasteiger partial charge in [-0.3, -0.25) is 34.3 Å². The first-order valence-electron chi connectivity index (χ1n) is 25.4. The molecule has 81 heavy (non-hydrogen) atoms. The molecule has 15 nitrogen and oxygen atoms in total. The molecule has 0 saturated carbocycles. The van der Waals surface area contributed by atoms with Crippen molar-refractivity contribution in [1.82, 2.24) is 29.7 Å². The first kappa shape index (κ1) is 55.9. The number of hydrogen-bond acceptors (Lipinski definition) is 11. The van der Waals surface area contributed by atoms with E-state index in [-0.39, 0.29) is 31.4 Å². The highest BCUT2D eigenvalue weighted by molar-refractivity contribution is 8.13. The number of ether oxygens (including phenoxy) is 1. The molecule has 0 N–H and O–H groups in total. The van der Waals surface area contributed by atoms with Crippen molar-refractivity contribution >= 4 is 76.5 Å². The standard InChI is InChI=1S/C30H28N4O3.C27H19F3N4O2.C2H3ClF2O2S/c1-29(2,3)37-28(36)33-18-30(19-33)23-12-6-7-13-25(23)34(27(30)35)17-24-26(21-10-8-14-31-15-21)22-11-5-4-9-20(22)16-32-24;28-27(29,30)25(36)33-15-26(16-33)20-9-3-4-10-22(20)34(24(26)35)14-21-23(18-7-5-11-31-12-18)19-8-2-1-6-17(19)13-32-21;3-8(6,7)1-2(4)5/h4-16H,17-19H2,1-3H3;1-13H,14-16H2;2H,1H2. The molecule has 2 fully saturated rings. The Morgan fingerprint density at radius 2 is 1.04 bits per heavy atom. The van der Waals surface area contributed by atoms with E-state index in [0.717, 1.165) is 60.7 Å². The third kappa shape index (κ3) is 11.0. The lowest BCUT2D eigenvalue weighted by atomic mass is 9.74. The minimum Gasteiger partial charge on any atom is -0.444 e. The number of benzene rings is 4. The molecule has 4 aromatic carbocycles. The van der Waals surface area contributed by atoms with Gasteiger partial charge < -0.3 is 24.3 Å². The Balaban J connectivity index is 0.000000160. The molecule has 0 unspecified atom stereocenters. The van der Waals surface area contributed by atoms with Gasteiger partial charge >= 0.3 is 18.2 Å². The zero-order valence-corrected chi connectivity index (χ0v) is 45.2. The summed E-state index contributed by atoms with van der Waals surface area (Å²) >= 11 is 0. The number of hydrogen-bond donors (Lipinski definition) is 0. The lowest BCUT2D eigenvalue weighted by Gasteiger charge is -2.46. The number of rotatable bonds is 8. The second-order valence-corrected chi connectivity index (χ2v) is 23.7. The van der Waals surface area contributed by atoms with Crippen LogP contribution in [0.5, 0.6) is 0 Å². The number of likely N-dealkylation sites (tertiary alicyclic amines) is 2. The van der Waals surface area contributed by atoms with Crippen LogP contribution >= 0.6 is 10.7 Å². The number of carbonyl (C=O) groups excluding carboxylic acids is 4. The first-order chi connectivity index (χ1) is 38.5. The smallest absolute Gasteiger partial charge is 0.444 e. The summed E-state index contributed by atoms with van der Waals surface area (Å²) in [7, 11) is 0.419. The fraction of sp³-hybridized carbons (Fsp3) is 0.254. The average Bonchev–Trinajstić information content (AvgIpc) is 3.21. The van der Waals surface area contributed by atoms with Crippen molar-refractivity contribution in [3.8, 4) is 22.3 Å². The van der Waals surface area contributed by atoms with Crippen LogP contribution in [0.25, 0.3) is 43.8 Å². The fourth-order valence-electron chi connectivity index (χ4n) is 10.9. The van der Waals surface area contributed by atoms with Crippen LogP contribution in [0.4, 0.5) is 38.1 Å². The minimum atomic E-state index is -4.98. The normalized spacial score (nSPS) is 15.9. The summed E-state index contributed by atoms with van der Waals surface area (Å²) in [6.45, 7) is 5.96. The van der Waals surface area contributed by atoms with E-state index >= 15 is 0 Å². The number of amides is 4. The molecule has 2 spiro atoms. The minimum absolute atomic E-state index is 0.0133. The molecule has 0 radical (unpaired) electrons. The second-order valence-electron chi connectivity index (χ2n) is 20.9. The van der Waals surface area contributed by atoms with Gasteiger partial charge in [-0.05, 0) is 66.9 Å². The van der Waals surface area contributed by atoms with Gasteiger partial charge in [0.2, 0.25) is 20.9 Å². The third-order valence-corrected chi connectivity index (χ3v) is 15.4. The number of nitrogens with zero attached hydrogens (tertiary/aromatic N) is 8. The van der Waals surface area contributed by atoms with Crippen LogP contribution < -0.4 is 9.80 Å². The summed E-state index contributed by atoms with van der Waals surface area (Å²) < 4.78 is 86.1. The van der Waals surface area contributed by atoms with Crippen molar-refractivity contribution < 1.29 is 54.3 Å². The van der Waals surface area contributed by atoms with Crippen LogP contribution in [-0.4, -0.2) is 112 Å². The fourth-order valence-corrected chi connectivity index (χ4v) is 11.5. The van der Waals surface area contributed by atoms with Gasteiger partial charge in [-0.25, -0.2) is 22.0 Å². The van der Waals surface area contributed by atoms with E-state index in [4.69, 9.17) is 9.72 Å². The van der Waals surface area contributed by atoms with Gasteiger partial charge in [0.05, 0.1) is 24.5 Å². The molecule has 0 atom stereocenters. The number of halogens is 6. The van der Waals surface area contributed by atoms with Gasteiger partial charge in [-0.15, -0.1) is 0 Å². The van der Waals surface area contributed by atoms with E-state index in [1.165, 1.54) is 0 Å². The number of carbonyl (C=O) groups is 4. The molecule has 0 aliphatic carbocycles. The molecular weight excluding hydrogens is 1100 g/mol. The van der Waals surface area contributed by atoms with Crippen LogP contribution in [0.3, 0.4) is 0 Å². The molecule has 22 heteroatoms. The summed E-state index contributed by atoms with van der Waals surface area (Å²) in [4.78, 5) is 76.0. The zero-order valence-electron chi connectivity index (χ0n) is 43.6. The van der Waals surface area contributed by atoms with Crippen molar-refractivity contribution in [3.05, 3.63) is 181 Å². The molecule has 0 bridgehead atoms.